The molecule has 6 nitrogen and oxygen atoms in total. The van der Waals surface area contributed by atoms with Crippen molar-refractivity contribution in [1.82, 2.24) is 20.5 Å². The summed E-state index contributed by atoms with van der Waals surface area (Å²) in [7, 11) is 1.82. The number of thioether (sulfide) groups is 1. The van der Waals surface area contributed by atoms with Crippen molar-refractivity contribution in [3.8, 4) is 0 Å². The summed E-state index contributed by atoms with van der Waals surface area (Å²) in [5.41, 5.74) is 1.23. The van der Waals surface area contributed by atoms with Gasteiger partial charge in [0.1, 0.15) is 5.82 Å². The number of piperazine rings is 1. The maximum Gasteiger partial charge on any atom is 0.191 e. The molecule has 8 heteroatoms. The number of halogens is 1. The molecule has 0 bridgehead atoms. The standard InChI is InChI=1S/C19H34N6S.HI/c1-4-24-10-12-25(13-11-24)18-15-17(7-9-21-18)16-23-19(20-2)22-8-5-6-14-26-3;/h7,9,15H,4-6,8,10-14,16H2,1-3H3,(H2,20,22,23);1H. The molecule has 27 heavy (non-hydrogen) atoms. The van der Waals surface area contributed by atoms with Crippen LogP contribution in [0.25, 0.3) is 0 Å². The van der Waals surface area contributed by atoms with Gasteiger partial charge in [0.05, 0.1) is 0 Å². The zero-order chi connectivity index (χ0) is 18.6. The highest BCUT2D eigenvalue weighted by Crippen LogP contribution is 2.15. The third-order valence-corrected chi connectivity index (χ3v) is 5.40. The fraction of sp³-hybridized carbons (Fsp3) is 0.684. The van der Waals surface area contributed by atoms with Crippen molar-refractivity contribution >= 4 is 47.5 Å². The molecule has 0 atom stereocenters. The molecule has 0 radical (unpaired) electrons. The summed E-state index contributed by atoms with van der Waals surface area (Å²) in [4.78, 5) is 13.7. The van der Waals surface area contributed by atoms with E-state index in [1.807, 2.05) is 25.0 Å². The summed E-state index contributed by atoms with van der Waals surface area (Å²) >= 11 is 1.90. The number of hydrogen-bond donors (Lipinski definition) is 2. The van der Waals surface area contributed by atoms with Crippen molar-refractivity contribution in [2.75, 3.05) is 63.2 Å². The number of guanidine groups is 1. The summed E-state index contributed by atoms with van der Waals surface area (Å²) in [6.45, 7) is 9.42. The normalized spacial score (nSPS) is 15.4. The predicted octanol–water partition coefficient (Wildman–Crippen LogP) is 2.65. The van der Waals surface area contributed by atoms with E-state index in [1.165, 1.54) is 24.2 Å². The number of anilines is 1. The molecule has 1 aliphatic heterocycles. The monoisotopic (exact) mass is 506 g/mol. The van der Waals surface area contributed by atoms with Crippen LogP contribution in [0.2, 0.25) is 0 Å². The second-order valence-electron chi connectivity index (χ2n) is 6.50. The van der Waals surface area contributed by atoms with Crippen molar-refractivity contribution < 1.29 is 0 Å². The largest absolute Gasteiger partial charge is 0.356 e. The Morgan fingerprint density at radius 3 is 2.67 bits per heavy atom. The minimum Gasteiger partial charge on any atom is -0.356 e. The van der Waals surface area contributed by atoms with E-state index in [1.54, 1.807) is 0 Å². The molecule has 2 rings (SSSR count). The molecule has 0 amide bonds. The van der Waals surface area contributed by atoms with Crippen LogP contribution in [0.15, 0.2) is 23.3 Å². The molecule has 154 valence electrons. The maximum atomic E-state index is 4.57. The van der Waals surface area contributed by atoms with Gasteiger partial charge in [0.2, 0.25) is 0 Å². The van der Waals surface area contributed by atoms with Gasteiger partial charge in [-0.15, -0.1) is 24.0 Å². The first-order valence-electron chi connectivity index (χ1n) is 9.62. The van der Waals surface area contributed by atoms with E-state index < -0.39 is 0 Å². The topological polar surface area (TPSA) is 55.8 Å². The van der Waals surface area contributed by atoms with Crippen LogP contribution in [-0.2, 0) is 6.54 Å². The van der Waals surface area contributed by atoms with Crippen molar-refractivity contribution in [2.45, 2.75) is 26.3 Å². The third-order valence-electron chi connectivity index (χ3n) is 4.70. The number of nitrogens with zero attached hydrogens (tertiary/aromatic N) is 4. The highest BCUT2D eigenvalue weighted by molar-refractivity contribution is 14.0. The number of nitrogens with one attached hydrogen (secondary N) is 2. The Hall–Kier alpha value is -0.740. The lowest BCUT2D eigenvalue weighted by atomic mass is 10.2. The van der Waals surface area contributed by atoms with Gasteiger partial charge in [-0.05, 0) is 49.1 Å². The van der Waals surface area contributed by atoms with Crippen LogP contribution < -0.4 is 15.5 Å². The van der Waals surface area contributed by atoms with Crippen LogP contribution in [0.5, 0.6) is 0 Å². The Kier molecular flexibility index (Phi) is 12.9. The first-order chi connectivity index (χ1) is 12.8. The predicted molar refractivity (Wildman–Crippen MR) is 130 cm³/mol. The average molecular weight is 507 g/mol. The van der Waals surface area contributed by atoms with Crippen LogP contribution in [0, 0.1) is 0 Å². The molecule has 0 unspecified atom stereocenters. The maximum absolute atomic E-state index is 4.57. The van der Waals surface area contributed by atoms with E-state index in [0.29, 0.717) is 0 Å². The fourth-order valence-corrected chi connectivity index (χ4v) is 3.51. The Bertz CT molecular complexity index is 549. The molecule has 1 aliphatic rings. The van der Waals surface area contributed by atoms with Gasteiger partial charge in [-0.1, -0.05) is 6.92 Å². The molecule has 1 aromatic rings. The van der Waals surface area contributed by atoms with Crippen molar-refractivity contribution in [2.24, 2.45) is 4.99 Å². The van der Waals surface area contributed by atoms with Crippen LogP contribution in [0.3, 0.4) is 0 Å². The lowest BCUT2D eigenvalue weighted by Gasteiger charge is -2.34. The lowest BCUT2D eigenvalue weighted by molar-refractivity contribution is 0.270. The molecule has 1 aromatic heterocycles. The molecule has 0 spiro atoms. The van der Waals surface area contributed by atoms with Gasteiger partial charge in [-0.25, -0.2) is 4.98 Å². The first-order valence-corrected chi connectivity index (χ1v) is 11.0. The summed E-state index contributed by atoms with van der Waals surface area (Å²) in [6, 6.07) is 4.27. The number of likely N-dealkylation sites (N-methyl/N-ethyl adjacent to an activating group) is 1. The highest BCUT2D eigenvalue weighted by atomic mass is 127. The minimum atomic E-state index is 0. The summed E-state index contributed by atoms with van der Waals surface area (Å²) in [6.07, 6.45) is 6.48. The summed E-state index contributed by atoms with van der Waals surface area (Å²) in [5, 5.41) is 6.79. The third kappa shape index (κ3) is 8.87. The molecule has 0 aliphatic carbocycles. The van der Waals surface area contributed by atoms with Crippen LogP contribution in [0.4, 0.5) is 5.82 Å². The van der Waals surface area contributed by atoms with Crippen LogP contribution >= 0.6 is 35.7 Å². The smallest absolute Gasteiger partial charge is 0.191 e. The Morgan fingerprint density at radius 2 is 2.00 bits per heavy atom. The molecule has 2 heterocycles. The highest BCUT2D eigenvalue weighted by Gasteiger charge is 2.16. The van der Waals surface area contributed by atoms with Crippen LogP contribution in [-0.4, -0.2) is 74.2 Å². The average Bonchev–Trinajstić information content (AvgIpc) is 2.70. The quantitative estimate of drug-likeness (QED) is 0.233. The fourth-order valence-electron chi connectivity index (χ4n) is 3.02. The molecule has 1 saturated heterocycles. The summed E-state index contributed by atoms with van der Waals surface area (Å²) < 4.78 is 0. The van der Waals surface area contributed by atoms with E-state index in [0.717, 1.165) is 57.6 Å². The number of aromatic nitrogens is 1. The van der Waals surface area contributed by atoms with Crippen molar-refractivity contribution in [3.05, 3.63) is 23.9 Å². The van der Waals surface area contributed by atoms with Crippen LogP contribution in [0.1, 0.15) is 25.3 Å². The number of rotatable bonds is 9. The van der Waals surface area contributed by atoms with E-state index in [-0.39, 0.29) is 24.0 Å². The van der Waals surface area contributed by atoms with E-state index in [2.05, 4.69) is 55.7 Å². The molecular formula is C19H35IN6S. The Morgan fingerprint density at radius 1 is 1.22 bits per heavy atom. The van der Waals surface area contributed by atoms with Crippen molar-refractivity contribution in [1.29, 1.82) is 0 Å². The molecule has 0 saturated carbocycles. The Balaban J connectivity index is 0.00000364. The number of pyridine rings is 1. The minimum absolute atomic E-state index is 0. The van der Waals surface area contributed by atoms with Gasteiger partial charge < -0.3 is 20.4 Å². The second-order valence-corrected chi connectivity index (χ2v) is 7.48. The summed E-state index contributed by atoms with van der Waals surface area (Å²) in [5.74, 6) is 3.17. The number of unbranched alkanes of at least 4 members (excludes halogenated alkanes) is 1. The lowest BCUT2D eigenvalue weighted by Crippen LogP contribution is -2.46. The Labute approximate surface area is 186 Å². The number of aliphatic imine (C=N–C) groups is 1. The molecule has 2 N–H and O–H groups in total. The molecular weight excluding hydrogens is 471 g/mol. The molecule has 1 fully saturated rings. The van der Waals surface area contributed by atoms with Gasteiger partial charge in [0, 0.05) is 52.5 Å². The first kappa shape index (κ1) is 24.3. The van der Waals surface area contributed by atoms with E-state index >= 15 is 0 Å². The van der Waals surface area contributed by atoms with E-state index in [4.69, 9.17) is 0 Å². The second kappa shape index (κ2) is 14.3. The van der Waals surface area contributed by atoms with Crippen molar-refractivity contribution in [3.63, 3.8) is 0 Å². The SMILES string of the molecule is CCN1CCN(c2cc(CNC(=NC)NCCCCSC)ccn2)CC1.I. The number of hydrogen-bond acceptors (Lipinski definition) is 5. The zero-order valence-corrected chi connectivity index (χ0v) is 20.1. The molecule has 0 aromatic carbocycles. The van der Waals surface area contributed by atoms with Gasteiger partial charge in [0.15, 0.2) is 5.96 Å². The van der Waals surface area contributed by atoms with Gasteiger partial charge in [0.25, 0.3) is 0 Å². The zero-order valence-electron chi connectivity index (χ0n) is 16.9. The van der Waals surface area contributed by atoms with Gasteiger partial charge in [-0.2, -0.15) is 11.8 Å². The van der Waals surface area contributed by atoms with E-state index in [9.17, 15) is 0 Å². The van der Waals surface area contributed by atoms with Gasteiger partial charge in [-0.3, -0.25) is 4.99 Å². The van der Waals surface area contributed by atoms with Gasteiger partial charge >= 0.3 is 0 Å².